The first-order chi connectivity index (χ1) is 12.2. The Labute approximate surface area is 171 Å². The van der Waals surface area contributed by atoms with Gasteiger partial charge in [-0.25, -0.2) is 0 Å². The monoisotopic (exact) mass is 478 g/mol. The lowest BCUT2D eigenvalue weighted by Crippen LogP contribution is -2.38. The van der Waals surface area contributed by atoms with Crippen molar-refractivity contribution in [3.63, 3.8) is 0 Å². The number of guanidine groups is 1. The van der Waals surface area contributed by atoms with E-state index in [4.69, 9.17) is 0 Å². The quantitative estimate of drug-likeness (QED) is 0.139. The largest absolute Gasteiger partial charge is 0.357 e. The summed E-state index contributed by atoms with van der Waals surface area (Å²) in [5.41, 5.74) is 0. The van der Waals surface area contributed by atoms with Crippen LogP contribution in [-0.2, 0) is 9.59 Å². The SMILES string of the molecule is CCNC(=NCCCN1C(=O)C2C3C=CC(C3)C2C1=O)NCCCF.I. The van der Waals surface area contributed by atoms with E-state index in [1.54, 1.807) is 0 Å². The highest BCUT2D eigenvalue weighted by molar-refractivity contribution is 14.0. The Balaban J connectivity index is 0.00000243. The van der Waals surface area contributed by atoms with E-state index in [0.717, 1.165) is 13.0 Å². The van der Waals surface area contributed by atoms with Crippen molar-refractivity contribution in [3.8, 4) is 0 Å². The minimum absolute atomic E-state index is 0. The molecule has 4 atom stereocenters. The van der Waals surface area contributed by atoms with Gasteiger partial charge in [0.1, 0.15) is 0 Å². The lowest BCUT2D eigenvalue weighted by Gasteiger charge is -2.16. The highest BCUT2D eigenvalue weighted by Gasteiger charge is 2.58. The van der Waals surface area contributed by atoms with Crippen LogP contribution in [0.4, 0.5) is 4.39 Å². The van der Waals surface area contributed by atoms with Gasteiger partial charge in [-0.15, -0.1) is 24.0 Å². The van der Waals surface area contributed by atoms with Gasteiger partial charge < -0.3 is 10.6 Å². The number of nitrogens with one attached hydrogen (secondary N) is 2. The zero-order chi connectivity index (χ0) is 17.8. The standard InChI is InChI=1S/C18H27FN4O2.HI/c1-2-20-18(21-8-3-7-19)22-9-4-10-23-16(24)14-12-5-6-13(11-12)15(14)17(23)25;/h5-6,12-15H,2-4,7-11H2,1H3,(H2,20,21,22);1H. The second kappa shape index (κ2) is 9.66. The summed E-state index contributed by atoms with van der Waals surface area (Å²) in [6, 6.07) is 0. The maximum atomic E-state index is 12.6. The average Bonchev–Trinajstić information content (AvgIpc) is 3.27. The molecule has 0 spiro atoms. The summed E-state index contributed by atoms with van der Waals surface area (Å²) in [6.07, 6.45) is 6.26. The van der Waals surface area contributed by atoms with Crippen LogP contribution in [0, 0.1) is 23.7 Å². The molecular formula is C18H28FIN4O2. The maximum absolute atomic E-state index is 12.6. The van der Waals surface area contributed by atoms with Crippen molar-refractivity contribution < 1.29 is 14.0 Å². The number of alkyl halides is 1. The number of hydrogen-bond donors (Lipinski definition) is 2. The Bertz CT molecular complexity index is 554. The zero-order valence-corrected chi connectivity index (χ0v) is 17.4. The summed E-state index contributed by atoms with van der Waals surface area (Å²) in [5.74, 6) is 0.933. The lowest BCUT2D eigenvalue weighted by molar-refractivity contribution is -0.140. The molecule has 3 rings (SSSR count). The fourth-order valence-electron chi connectivity index (χ4n) is 4.22. The second-order valence-corrected chi connectivity index (χ2v) is 6.91. The summed E-state index contributed by atoms with van der Waals surface area (Å²) in [7, 11) is 0. The van der Waals surface area contributed by atoms with Crippen molar-refractivity contribution in [2.45, 2.75) is 26.2 Å². The number of imide groups is 1. The number of carbonyl (C=O) groups is 2. The van der Waals surface area contributed by atoms with E-state index in [1.165, 1.54) is 4.90 Å². The predicted octanol–water partition coefficient (Wildman–Crippen LogP) is 1.72. The number of allylic oxidation sites excluding steroid dienone is 2. The summed E-state index contributed by atoms with van der Waals surface area (Å²) < 4.78 is 12.2. The van der Waals surface area contributed by atoms with Crippen molar-refractivity contribution >= 4 is 41.8 Å². The number of likely N-dealkylation sites (tertiary alicyclic amines) is 1. The normalized spacial score (nSPS) is 29.2. The summed E-state index contributed by atoms with van der Waals surface area (Å²) in [5, 5.41) is 6.16. The summed E-state index contributed by atoms with van der Waals surface area (Å²) in [6.45, 7) is 3.81. The van der Waals surface area contributed by atoms with Gasteiger partial charge in [0, 0.05) is 26.2 Å². The van der Waals surface area contributed by atoms with Crippen molar-refractivity contribution in [1.29, 1.82) is 0 Å². The smallest absolute Gasteiger partial charge is 0.233 e. The Hall–Kier alpha value is -1.19. The minimum Gasteiger partial charge on any atom is -0.357 e. The van der Waals surface area contributed by atoms with E-state index < -0.39 is 0 Å². The first kappa shape index (κ1) is 21.1. The fourth-order valence-corrected chi connectivity index (χ4v) is 4.22. The van der Waals surface area contributed by atoms with Crippen molar-refractivity contribution in [2.75, 3.05) is 32.9 Å². The van der Waals surface area contributed by atoms with Crippen molar-refractivity contribution in [2.24, 2.45) is 28.7 Å². The predicted molar refractivity (Wildman–Crippen MR) is 109 cm³/mol. The van der Waals surface area contributed by atoms with Gasteiger partial charge >= 0.3 is 0 Å². The molecule has 2 fully saturated rings. The average molecular weight is 478 g/mol. The van der Waals surface area contributed by atoms with Crippen LogP contribution in [0.1, 0.15) is 26.2 Å². The maximum Gasteiger partial charge on any atom is 0.233 e. The number of amides is 2. The number of carbonyl (C=O) groups excluding carboxylic acids is 2. The van der Waals surface area contributed by atoms with Gasteiger partial charge in [-0.1, -0.05) is 12.2 Å². The van der Waals surface area contributed by atoms with E-state index in [2.05, 4.69) is 27.8 Å². The molecule has 1 saturated carbocycles. The van der Waals surface area contributed by atoms with Crippen LogP contribution in [-0.4, -0.2) is 55.5 Å². The van der Waals surface area contributed by atoms with Crippen LogP contribution >= 0.6 is 24.0 Å². The summed E-state index contributed by atoms with van der Waals surface area (Å²) in [4.78, 5) is 31.0. The van der Waals surface area contributed by atoms with E-state index in [0.29, 0.717) is 38.4 Å². The molecule has 4 unspecified atom stereocenters. The highest BCUT2D eigenvalue weighted by atomic mass is 127. The molecule has 0 aromatic heterocycles. The highest BCUT2D eigenvalue weighted by Crippen LogP contribution is 2.52. The van der Waals surface area contributed by atoms with E-state index in [9.17, 15) is 14.0 Å². The number of fused-ring (bicyclic) bond motifs is 5. The third kappa shape index (κ3) is 4.20. The molecule has 26 heavy (non-hydrogen) atoms. The minimum atomic E-state index is -0.356. The van der Waals surface area contributed by atoms with Crippen LogP contribution < -0.4 is 10.6 Å². The fraction of sp³-hybridized carbons (Fsp3) is 0.722. The molecule has 1 aliphatic heterocycles. The molecule has 0 aromatic carbocycles. The van der Waals surface area contributed by atoms with Gasteiger partial charge in [-0.05, 0) is 38.0 Å². The first-order valence-corrected chi connectivity index (χ1v) is 9.29. The van der Waals surface area contributed by atoms with Gasteiger partial charge in [-0.2, -0.15) is 0 Å². The Morgan fingerprint density at radius 2 is 1.85 bits per heavy atom. The van der Waals surface area contributed by atoms with Gasteiger partial charge in [-0.3, -0.25) is 23.9 Å². The Morgan fingerprint density at radius 3 is 2.42 bits per heavy atom. The second-order valence-electron chi connectivity index (χ2n) is 6.91. The van der Waals surface area contributed by atoms with Crippen LogP contribution in [0.25, 0.3) is 0 Å². The molecule has 1 heterocycles. The lowest BCUT2D eigenvalue weighted by atomic mass is 9.85. The Kier molecular flexibility index (Phi) is 7.85. The molecule has 2 aliphatic carbocycles. The molecule has 146 valence electrons. The molecule has 0 radical (unpaired) electrons. The topological polar surface area (TPSA) is 73.8 Å². The van der Waals surface area contributed by atoms with Crippen LogP contribution in [0.15, 0.2) is 17.1 Å². The third-order valence-electron chi connectivity index (χ3n) is 5.32. The first-order valence-electron chi connectivity index (χ1n) is 9.29. The number of aliphatic imine (C=N–C) groups is 1. The third-order valence-corrected chi connectivity index (χ3v) is 5.32. The molecule has 2 bridgehead atoms. The molecule has 8 heteroatoms. The number of halogens is 2. The molecule has 6 nitrogen and oxygen atoms in total. The molecule has 0 aromatic rings. The number of nitrogens with zero attached hydrogens (tertiary/aromatic N) is 2. The molecule has 2 amide bonds. The zero-order valence-electron chi connectivity index (χ0n) is 15.1. The van der Waals surface area contributed by atoms with Crippen molar-refractivity contribution in [3.05, 3.63) is 12.2 Å². The van der Waals surface area contributed by atoms with E-state index in [1.807, 2.05) is 6.92 Å². The van der Waals surface area contributed by atoms with E-state index in [-0.39, 0.29) is 66.1 Å². The summed E-state index contributed by atoms with van der Waals surface area (Å²) >= 11 is 0. The van der Waals surface area contributed by atoms with Gasteiger partial charge in [0.05, 0.1) is 18.5 Å². The number of hydrogen-bond acceptors (Lipinski definition) is 3. The van der Waals surface area contributed by atoms with Crippen molar-refractivity contribution in [1.82, 2.24) is 15.5 Å². The van der Waals surface area contributed by atoms with E-state index >= 15 is 0 Å². The molecule has 1 saturated heterocycles. The Morgan fingerprint density at radius 1 is 1.19 bits per heavy atom. The molecular weight excluding hydrogens is 450 g/mol. The molecule has 2 N–H and O–H groups in total. The molecule has 3 aliphatic rings. The number of rotatable bonds is 8. The van der Waals surface area contributed by atoms with Gasteiger partial charge in [0.25, 0.3) is 0 Å². The van der Waals surface area contributed by atoms with Crippen LogP contribution in [0.2, 0.25) is 0 Å². The van der Waals surface area contributed by atoms with Gasteiger partial charge in [0.2, 0.25) is 11.8 Å². The van der Waals surface area contributed by atoms with Crippen LogP contribution in [0.3, 0.4) is 0 Å². The van der Waals surface area contributed by atoms with Gasteiger partial charge in [0.15, 0.2) is 5.96 Å². The van der Waals surface area contributed by atoms with Crippen LogP contribution in [0.5, 0.6) is 0 Å².